The van der Waals surface area contributed by atoms with Crippen molar-refractivity contribution in [3.8, 4) is 0 Å². The third kappa shape index (κ3) is 2.44. The number of aliphatic hydroxyl groups is 1. The van der Waals surface area contributed by atoms with Crippen molar-refractivity contribution >= 4 is 35.0 Å². The first-order chi connectivity index (χ1) is 7.12. The number of hydrogen-bond donors (Lipinski definition) is 1. The van der Waals surface area contributed by atoms with Crippen molar-refractivity contribution in [1.29, 1.82) is 0 Å². The van der Waals surface area contributed by atoms with E-state index in [9.17, 15) is 5.11 Å². The van der Waals surface area contributed by atoms with Gasteiger partial charge >= 0.3 is 0 Å². The zero-order valence-electron chi connectivity index (χ0n) is 8.17. The average Bonchev–Trinajstić information content (AvgIpc) is 2.23. The first kappa shape index (κ1) is 11.6. The van der Waals surface area contributed by atoms with E-state index in [1.54, 1.807) is 12.1 Å². The molecule has 0 atom stereocenters. The van der Waals surface area contributed by atoms with E-state index < -0.39 is 5.60 Å². The Morgan fingerprint density at radius 3 is 2.40 bits per heavy atom. The molecule has 0 saturated carbocycles. The van der Waals surface area contributed by atoms with E-state index in [0.717, 1.165) is 29.9 Å². The summed E-state index contributed by atoms with van der Waals surface area (Å²) < 4.78 is 0. The summed E-state index contributed by atoms with van der Waals surface area (Å²) in [7, 11) is 0. The maximum Gasteiger partial charge on any atom is 0.0912 e. The van der Waals surface area contributed by atoms with E-state index in [4.69, 9.17) is 23.2 Å². The van der Waals surface area contributed by atoms with Gasteiger partial charge in [0.05, 0.1) is 15.6 Å². The van der Waals surface area contributed by atoms with Gasteiger partial charge in [-0.3, -0.25) is 0 Å². The summed E-state index contributed by atoms with van der Waals surface area (Å²) in [5, 5.41) is 11.5. The summed E-state index contributed by atoms with van der Waals surface area (Å²) in [6.07, 6.45) is 1.57. The lowest BCUT2D eigenvalue weighted by molar-refractivity contribution is 0.0281. The minimum absolute atomic E-state index is 0.515. The highest BCUT2D eigenvalue weighted by Crippen LogP contribution is 2.37. The lowest BCUT2D eigenvalue weighted by Gasteiger charge is -2.32. The lowest BCUT2D eigenvalue weighted by Crippen LogP contribution is -2.30. The second-order valence-corrected chi connectivity index (χ2v) is 5.81. The minimum atomic E-state index is -0.709. The summed E-state index contributed by atoms with van der Waals surface area (Å²) in [4.78, 5) is 0. The fourth-order valence-corrected chi connectivity index (χ4v) is 3.25. The van der Waals surface area contributed by atoms with Crippen LogP contribution in [0.4, 0.5) is 0 Å². The highest BCUT2D eigenvalue weighted by atomic mass is 35.5. The molecule has 1 fully saturated rings. The topological polar surface area (TPSA) is 20.2 Å². The van der Waals surface area contributed by atoms with Crippen LogP contribution in [0.3, 0.4) is 0 Å². The Hall–Kier alpha value is 0.110. The lowest BCUT2D eigenvalue weighted by atomic mass is 9.88. The van der Waals surface area contributed by atoms with E-state index in [-0.39, 0.29) is 0 Å². The van der Waals surface area contributed by atoms with Crippen molar-refractivity contribution in [1.82, 2.24) is 0 Å². The quantitative estimate of drug-likeness (QED) is 0.833. The average molecular weight is 263 g/mol. The van der Waals surface area contributed by atoms with Gasteiger partial charge in [-0.05, 0) is 42.0 Å². The molecule has 1 aromatic carbocycles. The Labute approximate surface area is 104 Å². The molecule has 1 aliphatic rings. The fourth-order valence-electron chi connectivity index (χ4n) is 1.78. The molecular formula is C11H12Cl2OS. The van der Waals surface area contributed by atoms with Crippen LogP contribution in [0, 0.1) is 0 Å². The number of hydrogen-bond acceptors (Lipinski definition) is 2. The molecular weight excluding hydrogens is 251 g/mol. The summed E-state index contributed by atoms with van der Waals surface area (Å²) in [6, 6.07) is 5.39. The van der Waals surface area contributed by atoms with Crippen molar-refractivity contribution < 1.29 is 5.11 Å². The van der Waals surface area contributed by atoms with Gasteiger partial charge in [0.15, 0.2) is 0 Å². The summed E-state index contributed by atoms with van der Waals surface area (Å²) >= 11 is 13.7. The van der Waals surface area contributed by atoms with Crippen LogP contribution < -0.4 is 0 Å². The van der Waals surface area contributed by atoms with Gasteiger partial charge in [-0.2, -0.15) is 11.8 Å². The predicted molar refractivity (Wildman–Crippen MR) is 66.9 cm³/mol. The molecule has 15 heavy (non-hydrogen) atoms. The second-order valence-electron chi connectivity index (χ2n) is 3.77. The highest BCUT2D eigenvalue weighted by Gasteiger charge is 2.31. The SMILES string of the molecule is OC1(c2ccc(Cl)c(Cl)c2)CCSCC1. The van der Waals surface area contributed by atoms with E-state index in [1.165, 1.54) is 0 Å². The van der Waals surface area contributed by atoms with Gasteiger partial charge in [-0.25, -0.2) is 0 Å². The molecule has 4 heteroatoms. The first-order valence-electron chi connectivity index (χ1n) is 4.87. The van der Waals surface area contributed by atoms with Crippen LogP contribution in [0.1, 0.15) is 18.4 Å². The molecule has 0 aliphatic carbocycles. The zero-order chi connectivity index (χ0) is 10.9. The summed E-state index contributed by atoms with van der Waals surface area (Å²) in [5.74, 6) is 1.99. The Balaban J connectivity index is 2.31. The largest absolute Gasteiger partial charge is 0.385 e. The van der Waals surface area contributed by atoms with Crippen LogP contribution in [-0.4, -0.2) is 16.6 Å². The van der Waals surface area contributed by atoms with Gasteiger partial charge in [-0.15, -0.1) is 0 Å². The monoisotopic (exact) mass is 262 g/mol. The molecule has 0 aromatic heterocycles. The molecule has 1 N–H and O–H groups in total. The zero-order valence-corrected chi connectivity index (χ0v) is 10.5. The van der Waals surface area contributed by atoms with Crippen LogP contribution in [-0.2, 0) is 5.60 Å². The molecule has 1 nitrogen and oxygen atoms in total. The van der Waals surface area contributed by atoms with Gasteiger partial charge in [-0.1, -0.05) is 29.3 Å². The third-order valence-electron chi connectivity index (χ3n) is 2.78. The van der Waals surface area contributed by atoms with Gasteiger partial charge in [0, 0.05) is 0 Å². The smallest absolute Gasteiger partial charge is 0.0912 e. The Morgan fingerprint density at radius 1 is 1.13 bits per heavy atom. The molecule has 2 rings (SSSR count). The van der Waals surface area contributed by atoms with E-state index in [0.29, 0.717) is 10.0 Å². The number of halogens is 2. The maximum atomic E-state index is 10.4. The molecule has 1 heterocycles. The molecule has 1 aliphatic heterocycles. The van der Waals surface area contributed by atoms with Crippen LogP contribution in [0.5, 0.6) is 0 Å². The van der Waals surface area contributed by atoms with Gasteiger partial charge < -0.3 is 5.11 Å². The van der Waals surface area contributed by atoms with Gasteiger partial charge in [0.1, 0.15) is 0 Å². The molecule has 0 unspecified atom stereocenters. The standard InChI is InChI=1S/C11H12Cl2OS/c12-9-2-1-8(7-10(9)13)11(14)3-5-15-6-4-11/h1-2,7,14H,3-6H2. The van der Waals surface area contributed by atoms with Gasteiger partial charge in [0.25, 0.3) is 0 Å². The first-order valence-corrected chi connectivity index (χ1v) is 6.78. The molecule has 82 valence electrons. The van der Waals surface area contributed by atoms with Crippen molar-refractivity contribution in [3.05, 3.63) is 33.8 Å². The molecule has 1 aromatic rings. The molecule has 1 saturated heterocycles. The van der Waals surface area contributed by atoms with Crippen molar-refractivity contribution in [2.75, 3.05) is 11.5 Å². The van der Waals surface area contributed by atoms with Crippen LogP contribution in [0.15, 0.2) is 18.2 Å². The number of benzene rings is 1. The summed E-state index contributed by atoms with van der Waals surface area (Å²) in [6.45, 7) is 0. The number of thioether (sulfide) groups is 1. The highest BCUT2D eigenvalue weighted by molar-refractivity contribution is 7.99. The predicted octanol–water partition coefficient (Wildman–Crippen LogP) is 3.71. The van der Waals surface area contributed by atoms with Crippen LogP contribution in [0.25, 0.3) is 0 Å². The Kier molecular flexibility index (Phi) is 3.51. The Bertz CT molecular complexity index is 362. The number of rotatable bonds is 1. The fraction of sp³-hybridized carbons (Fsp3) is 0.455. The van der Waals surface area contributed by atoms with Crippen molar-refractivity contribution in [2.45, 2.75) is 18.4 Å². The second kappa shape index (κ2) is 4.54. The van der Waals surface area contributed by atoms with E-state index in [2.05, 4.69) is 0 Å². The normalized spacial score (nSPS) is 20.2. The van der Waals surface area contributed by atoms with Gasteiger partial charge in [0.2, 0.25) is 0 Å². The maximum absolute atomic E-state index is 10.4. The third-order valence-corrected chi connectivity index (χ3v) is 4.50. The van der Waals surface area contributed by atoms with Crippen molar-refractivity contribution in [3.63, 3.8) is 0 Å². The van der Waals surface area contributed by atoms with Crippen molar-refractivity contribution in [2.24, 2.45) is 0 Å². The molecule has 0 bridgehead atoms. The van der Waals surface area contributed by atoms with Crippen LogP contribution in [0.2, 0.25) is 10.0 Å². The summed E-state index contributed by atoms with van der Waals surface area (Å²) in [5.41, 5.74) is 0.177. The molecule has 0 spiro atoms. The van der Waals surface area contributed by atoms with E-state index >= 15 is 0 Å². The Morgan fingerprint density at radius 2 is 1.80 bits per heavy atom. The molecule has 0 amide bonds. The molecule has 0 radical (unpaired) electrons. The minimum Gasteiger partial charge on any atom is -0.385 e. The van der Waals surface area contributed by atoms with E-state index in [1.807, 2.05) is 17.8 Å². The van der Waals surface area contributed by atoms with Crippen LogP contribution >= 0.6 is 35.0 Å².